The number of nitrogens with zero attached hydrogens (tertiary/aromatic N) is 3. The van der Waals surface area contributed by atoms with E-state index < -0.39 is 0 Å². The Hall–Kier alpha value is -1.03. The molecular weight excluding hydrogens is 274 g/mol. The molecule has 1 rings (SSSR count). The molecule has 0 unspecified atom stereocenters. The molecule has 0 saturated heterocycles. The molecular formula is C15H26ClN3O. The first-order valence-electron chi connectivity index (χ1n) is 7.47. The first kappa shape index (κ1) is 17.0. The highest BCUT2D eigenvalue weighted by molar-refractivity contribution is 6.18. The van der Waals surface area contributed by atoms with Crippen molar-refractivity contribution in [2.24, 2.45) is 0 Å². The van der Waals surface area contributed by atoms with Crippen LogP contribution >= 0.6 is 11.6 Å². The molecule has 1 heterocycles. The number of halogens is 1. The van der Waals surface area contributed by atoms with Gasteiger partial charge in [0.2, 0.25) is 11.8 Å². The summed E-state index contributed by atoms with van der Waals surface area (Å²) in [5.41, 5.74) is 0.923. The van der Waals surface area contributed by atoms with Crippen molar-refractivity contribution in [2.45, 2.75) is 53.0 Å². The maximum atomic E-state index is 5.94. The molecule has 0 atom stereocenters. The van der Waals surface area contributed by atoms with E-state index in [9.17, 15) is 0 Å². The van der Waals surface area contributed by atoms with Gasteiger partial charge in [0.25, 0.3) is 0 Å². The lowest BCUT2D eigenvalue weighted by molar-refractivity contribution is 0.304. The Morgan fingerprint density at radius 3 is 2.50 bits per heavy atom. The number of alkyl halides is 1. The van der Waals surface area contributed by atoms with Gasteiger partial charge in [-0.3, -0.25) is 0 Å². The Bertz CT molecular complexity index is 397. The lowest BCUT2D eigenvalue weighted by Gasteiger charge is -2.30. The quantitative estimate of drug-likeness (QED) is 0.650. The number of anilines is 1. The number of aryl methyl sites for hydroxylation is 1. The van der Waals surface area contributed by atoms with Crippen LogP contribution in [0.2, 0.25) is 0 Å². The second-order valence-corrected chi connectivity index (χ2v) is 5.23. The number of aromatic nitrogens is 2. The van der Waals surface area contributed by atoms with E-state index >= 15 is 0 Å². The molecule has 5 heteroatoms. The van der Waals surface area contributed by atoms with Crippen LogP contribution < -0.4 is 9.64 Å². The molecule has 20 heavy (non-hydrogen) atoms. The van der Waals surface area contributed by atoms with Crippen LogP contribution in [0.5, 0.6) is 5.88 Å². The third-order valence-electron chi connectivity index (χ3n) is 3.24. The van der Waals surface area contributed by atoms with Crippen LogP contribution in [0.3, 0.4) is 0 Å². The minimum absolute atomic E-state index is 0.412. The van der Waals surface area contributed by atoms with E-state index in [4.69, 9.17) is 16.3 Å². The number of hydrogen-bond donors (Lipinski definition) is 0. The Labute approximate surface area is 127 Å². The Kier molecular flexibility index (Phi) is 7.67. The predicted molar refractivity (Wildman–Crippen MR) is 85.0 cm³/mol. The molecule has 1 aromatic heterocycles. The summed E-state index contributed by atoms with van der Waals surface area (Å²) in [5, 5.41) is 0. The Morgan fingerprint density at radius 2 is 1.95 bits per heavy atom. The molecule has 0 aliphatic carbocycles. The van der Waals surface area contributed by atoms with Gasteiger partial charge in [-0.05, 0) is 26.2 Å². The minimum Gasteiger partial charge on any atom is -0.478 e. The van der Waals surface area contributed by atoms with Gasteiger partial charge in [0, 0.05) is 30.2 Å². The van der Waals surface area contributed by atoms with Crippen LogP contribution in [0.15, 0.2) is 6.07 Å². The van der Waals surface area contributed by atoms with Crippen molar-refractivity contribution in [3.05, 3.63) is 11.8 Å². The summed E-state index contributed by atoms with van der Waals surface area (Å²) in [6, 6.07) is 2.29. The topological polar surface area (TPSA) is 38.2 Å². The van der Waals surface area contributed by atoms with Gasteiger partial charge >= 0.3 is 0 Å². The Morgan fingerprint density at radius 1 is 1.25 bits per heavy atom. The fourth-order valence-electron chi connectivity index (χ4n) is 2.20. The molecule has 0 radical (unpaired) electrons. The normalized spacial score (nSPS) is 10.9. The second-order valence-electron chi connectivity index (χ2n) is 4.85. The van der Waals surface area contributed by atoms with Crippen LogP contribution in [-0.4, -0.2) is 35.0 Å². The monoisotopic (exact) mass is 299 g/mol. The van der Waals surface area contributed by atoms with Crippen LogP contribution in [0, 0.1) is 6.92 Å². The van der Waals surface area contributed by atoms with Crippen molar-refractivity contribution in [2.75, 3.05) is 23.9 Å². The molecule has 0 aromatic carbocycles. The number of ether oxygens (including phenoxy) is 1. The lowest BCUT2D eigenvalue weighted by Crippen LogP contribution is -2.37. The molecule has 0 bridgehead atoms. The lowest BCUT2D eigenvalue weighted by atomic mass is 10.1. The SMILES string of the molecule is CCCOc1cc(C)nc(N(CCCl)C(CC)CC)n1. The molecule has 0 saturated carbocycles. The van der Waals surface area contributed by atoms with Crippen LogP contribution in [0.1, 0.15) is 45.7 Å². The van der Waals surface area contributed by atoms with Crippen molar-refractivity contribution in [3.8, 4) is 5.88 Å². The van der Waals surface area contributed by atoms with E-state index in [1.165, 1.54) is 0 Å². The molecule has 0 amide bonds. The standard InChI is InChI=1S/C15H26ClN3O/c1-5-10-20-14-11-12(4)17-15(18-14)19(9-8-16)13(6-2)7-3/h11,13H,5-10H2,1-4H3. The van der Waals surface area contributed by atoms with Crippen LogP contribution in [0.25, 0.3) is 0 Å². The summed E-state index contributed by atoms with van der Waals surface area (Å²) in [6.07, 6.45) is 3.07. The number of hydrogen-bond acceptors (Lipinski definition) is 4. The average Bonchev–Trinajstić information content (AvgIpc) is 2.44. The fraction of sp³-hybridized carbons (Fsp3) is 0.733. The summed E-state index contributed by atoms with van der Waals surface area (Å²) in [6.45, 7) is 9.84. The summed E-state index contributed by atoms with van der Waals surface area (Å²) in [4.78, 5) is 11.3. The predicted octanol–water partition coefficient (Wildman–Crippen LogP) is 3.81. The van der Waals surface area contributed by atoms with Crippen molar-refractivity contribution in [3.63, 3.8) is 0 Å². The second kappa shape index (κ2) is 9.01. The molecule has 0 aliphatic heterocycles. The van der Waals surface area contributed by atoms with Gasteiger partial charge in [0.1, 0.15) is 0 Å². The maximum absolute atomic E-state index is 5.94. The zero-order valence-corrected chi connectivity index (χ0v) is 13.8. The highest BCUT2D eigenvalue weighted by Crippen LogP contribution is 2.20. The van der Waals surface area contributed by atoms with E-state index in [1.807, 2.05) is 13.0 Å². The van der Waals surface area contributed by atoms with Crippen molar-refractivity contribution >= 4 is 17.5 Å². The summed E-state index contributed by atoms with van der Waals surface area (Å²) in [5.74, 6) is 1.95. The molecule has 0 aliphatic rings. The third kappa shape index (κ3) is 4.82. The van der Waals surface area contributed by atoms with E-state index in [0.717, 1.165) is 37.4 Å². The van der Waals surface area contributed by atoms with Gasteiger partial charge < -0.3 is 9.64 Å². The van der Waals surface area contributed by atoms with E-state index in [2.05, 4.69) is 35.6 Å². The zero-order valence-electron chi connectivity index (χ0n) is 13.0. The summed E-state index contributed by atoms with van der Waals surface area (Å²) >= 11 is 5.94. The van der Waals surface area contributed by atoms with Crippen molar-refractivity contribution < 1.29 is 4.74 Å². The fourth-order valence-corrected chi connectivity index (χ4v) is 2.38. The third-order valence-corrected chi connectivity index (χ3v) is 3.41. The van der Waals surface area contributed by atoms with Crippen LogP contribution in [0.4, 0.5) is 5.95 Å². The first-order chi connectivity index (χ1) is 9.65. The summed E-state index contributed by atoms with van der Waals surface area (Å²) < 4.78 is 5.64. The van der Waals surface area contributed by atoms with E-state index in [0.29, 0.717) is 24.4 Å². The Balaban J connectivity index is 3.02. The summed E-state index contributed by atoms with van der Waals surface area (Å²) in [7, 11) is 0. The van der Waals surface area contributed by atoms with Crippen molar-refractivity contribution in [1.82, 2.24) is 9.97 Å². The molecule has 0 spiro atoms. The average molecular weight is 300 g/mol. The molecule has 0 N–H and O–H groups in total. The number of rotatable bonds is 9. The van der Waals surface area contributed by atoms with Crippen LogP contribution in [-0.2, 0) is 0 Å². The zero-order chi connectivity index (χ0) is 15.0. The highest BCUT2D eigenvalue weighted by atomic mass is 35.5. The first-order valence-corrected chi connectivity index (χ1v) is 8.00. The largest absolute Gasteiger partial charge is 0.478 e. The van der Waals surface area contributed by atoms with Gasteiger partial charge in [0.15, 0.2) is 0 Å². The van der Waals surface area contributed by atoms with Crippen molar-refractivity contribution in [1.29, 1.82) is 0 Å². The highest BCUT2D eigenvalue weighted by Gasteiger charge is 2.19. The molecule has 0 fully saturated rings. The molecule has 1 aromatic rings. The van der Waals surface area contributed by atoms with E-state index in [-0.39, 0.29) is 0 Å². The van der Waals surface area contributed by atoms with Gasteiger partial charge in [-0.2, -0.15) is 4.98 Å². The van der Waals surface area contributed by atoms with Gasteiger partial charge in [-0.25, -0.2) is 4.98 Å². The molecule has 4 nitrogen and oxygen atoms in total. The van der Waals surface area contributed by atoms with Gasteiger partial charge in [0.05, 0.1) is 6.61 Å². The van der Waals surface area contributed by atoms with Gasteiger partial charge in [-0.15, -0.1) is 11.6 Å². The van der Waals surface area contributed by atoms with E-state index in [1.54, 1.807) is 0 Å². The maximum Gasteiger partial charge on any atom is 0.229 e. The molecule has 114 valence electrons. The smallest absolute Gasteiger partial charge is 0.229 e. The minimum atomic E-state index is 0.412. The van der Waals surface area contributed by atoms with Gasteiger partial charge in [-0.1, -0.05) is 20.8 Å².